The van der Waals surface area contributed by atoms with Crippen molar-refractivity contribution in [1.82, 2.24) is 5.43 Å². The smallest absolute Gasteiger partial charge is 0.267 e. The number of hydrogen-bond donors (Lipinski definition) is 1. The summed E-state index contributed by atoms with van der Waals surface area (Å²) >= 11 is 0. The first-order valence-corrected chi connectivity index (χ1v) is 8.86. The van der Waals surface area contributed by atoms with Crippen LogP contribution in [0.25, 0.3) is 0 Å². The van der Waals surface area contributed by atoms with Gasteiger partial charge in [0.2, 0.25) is 0 Å². The average Bonchev–Trinajstić information content (AvgIpc) is 2.77. The van der Waals surface area contributed by atoms with E-state index in [-0.39, 0.29) is 17.7 Å². The summed E-state index contributed by atoms with van der Waals surface area (Å²) < 4.78 is 39.4. The summed E-state index contributed by atoms with van der Waals surface area (Å²) in [5.74, 6) is -0.504. The van der Waals surface area contributed by atoms with Crippen LogP contribution in [0, 0.1) is 17.4 Å². The van der Waals surface area contributed by atoms with E-state index in [1.165, 1.54) is 18.2 Å². The van der Waals surface area contributed by atoms with Crippen LogP contribution in [-0.2, 0) is 12.6 Å². The second-order valence-electron chi connectivity index (χ2n) is 6.36. The van der Waals surface area contributed by atoms with Gasteiger partial charge in [-0.3, -0.25) is 4.79 Å². The van der Waals surface area contributed by atoms with E-state index in [4.69, 9.17) is 5.26 Å². The maximum atomic E-state index is 13.1. The lowest BCUT2D eigenvalue weighted by molar-refractivity contribution is -0.137. The summed E-state index contributed by atoms with van der Waals surface area (Å²) in [6, 6.07) is 22.5. The summed E-state index contributed by atoms with van der Waals surface area (Å²) in [7, 11) is 0. The van der Waals surface area contributed by atoms with Crippen LogP contribution in [0.3, 0.4) is 0 Å². The van der Waals surface area contributed by atoms with Gasteiger partial charge in [-0.05, 0) is 53.6 Å². The van der Waals surface area contributed by atoms with Gasteiger partial charge < -0.3 is 0 Å². The topological polar surface area (TPSA) is 65.2 Å². The van der Waals surface area contributed by atoms with E-state index >= 15 is 0 Å². The number of nitrogens with zero attached hydrogens (tertiary/aromatic N) is 2. The van der Waals surface area contributed by atoms with Crippen molar-refractivity contribution in [2.75, 3.05) is 0 Å². The molecule has 1 amide bonds. The van der Waals surface area contributed by atoms with Gasteiger partial charge in [0.1, 0.15) is 0 Å². The minimum atomic E-state index is -4.50. The van der Waals surface area contributed by atoms with Gasteiger partial charge in [-0.15, -0.1) is 0 Å². The third kappa shape index (κ3) is 5.32. The van der Waals surface area contributed by atoms with Gasteiger partial charge in [0, 0.05) is 12.0 Å². The summed E-state index contributed by atoms with van der Waals surface area (Å²) in [6.07, 6.45) is -4.34. The molecule has 0 atom stereocenters. The molecule has 0 aliphatic carbocycles. The van der Waals surface area contributed by atoms with E-state index in [9.17, 15) is 18.0 Å². The minimum absolute atomic E-state index is 0.161. The van der Waals surface area contributed by atoms with Gasteiger partial charge in [-0.25, -0.2) is 5.43 Å². The van der Waals surface area contributed by atoms with Crippen molar-refractivity contribution in [3.63, 3.8) is 0 Å². The Morgan fingerprint density at radius 3 is 2.43 bits per heavy atom. The molecule has 4 nitrogen and oxygen atoms in total. The van der Waals surface area contributed by atoms with Crippen LogP contribution >= 0.6 is 0 Å². The highest BCUT2D eigenvalue weighted by Crippen LogP contribution is 2.29. The Morgan fingerprint density at radius 2 is 1.80 bits per heavy atom. The normalized spacial score (nSPS) is 11.6. The lowest BCUT2D eigenvalue weighted by Crippen LogP contribution is -2.21. The zero-order valence-electron chi connectivity index (χ0n) is 15.6. The molecule has 149 valence electrons. The average molecular weight is 406 g/mol. The van der Waals surface area contributed by atoms with E-state index in [1.807, 2.05) is 6.07 Å². The number of amides is 1. The van der Waals surface area contributed by atoms with Crippen molar-refractivity contribution in [1.29, 1.82) is 5.26 Å². The Hall–Kier alpha value is -3.92. The molecule has 3 aromatic carbocycles. The molecule has 3 aromatic rings. The molecule has 1 N–H and O–H groups in total. The number of nitrogens with one attached hydrogen (secondary N) is 1. The monoisotopic (exact) mass is 406 g/mol. The molecule has 30 heavy (non-hydrogen) atoms. The highest BCUT2D eigenvalue weighted by atomic mass is 19.4. The molecule has 0 aromatic heterocycles. The molecule has 0 saturated heterocycles. The second kappa shape index (κ2) is 9.05. The molecule has 0 fully saturated rings. The Bertz CT molecular complexity index is 1100. The highest BCUT2D eigenvalue weighted by Gasteiger charge is 2.30. The van der Waals surface area contributed by atoms with Crippen LogP contribution in [-0.4, -0.2) is 11.6 Å². The molecule has 0 heterocycles. The first-order valence-electron chi connectivity index (χ1n) is 8.86. The lowest BCUT2D eigenvalue weighted by atomic mass is 9.99. The number of alkyl halides is 3. The number of benzene rings is 3. The first-order chi connectivity index (χ1) is 14.4. The fourth-order valence-electron chi connectivity index (χ4n) is 2.69. The summed E-state index contributed by atoms with van der Waals surface area (Å²) in [6.45, 7) is 0. The number of hydrazone groups is 1. The van der Waals surface area contributed by atoms with Gasteiger partial charge in [0.15, 0.2) is 0 Å². The molecule has 0 saturated carbocycles. The minimum Gasteiger partial charge on any atom is -0.267 e. The van der Waals surface area contributed by atoms with E-state index in [0.29, 0.717) is 11.1 Å². The number of hydrogen-bond acceptors (Lipinski definition) is 3. The van der Waals surface area contributed by atoms with Crippen molar-refractivity contribution in [2.45, 2.75) is 12.6 Å². The first kappa shape index (κ1) is 20.8. The van der Waals surface area contributed by atoms with Crippen LogP contribution in [0.15, 0.2) is 77.9 Å². The fourth-order valence-corrected chi connectivity index (χ4v) is 2.69. The van der Waals surface area contributed by atoms with Crippen molar-refractivity contribution in [3.8, 4) is 6.07 Å². The zero-order chi connectivity index (χ0) is 21.6. The van der Waals surface area contributed by atoms with E-state index < -0.39 is 17.6 Å². The Morgan fingerprint density at radius 1 is 1.07 bits per heavy atom. The molecule has 1 radical (unpaired) electrons. The van der Waals surface area contributed by atoms with Crippen LogP contribution in [0.4, 0.5) is 13.2 Å². The van der Waals surface area contributed by atoms with Gasteiger partial charge >= 0.3 is 6.18 Å². The molecular weight excluding hydrogens is 391 g/mol. The van der Waals surface area contributed by atoms with Crippen LogP contribution in [0.1, 0.15) is 32.6 Å². The van der Waals surface area contributed by atoms with Crippen molar-refractivity contribution in [2.24, 2.45) is 5.10 Å². The lowest BCUT2D eigenvalue weighted by Gasteiger charge is -2.12. The fraction of sp³-hybridized carbons (Fsp3) is 0.0870. The molecule has 7 heteroatoms. The Labute approximate surface area is 171 Å². The largest absolute Gasteiger partial charge is 0.416 e. The quantitative estimate of drug-likeness (QED) is 0.491. The molecule has 0 aliphatic heterocycles. The second-order valence-corrected chi connectivity index (χ2v) is 6.36. The Kier molecular flexibility index (Phi) is 6.28. The number of rotatable bonds is 5. The predicted molar refractivity (Wildman–Crippen MR) is 106 cm³/mol. The number of nitriles is 1. The third-order valence-electron chi connectivity index (χ3n) is 4.24. The predicted octanol–water partition coefficient (Wildman–Crippen LogP) is 4.75. The molecule has 0 aliphatic rings. The zero-order valence-corrected chi connectivity index (χ0v) is 15.6. The van der Waals surface area contributed by atoms with Crippen molar-refractivity contribution < 1.29 is 18.0 Å². The highest BCUT2D eigenvalue weighted by molar-refractivity contribution is 6.03. The van der Waals surface area contributed by atoms with Gasteiger partial charge in [-0.1, -0.05) is 36.4 Å². The summed E-state index contributed by atoms with van der Waals surface area (Å²) in [5.41, 5.74) is 3.58. The summed E-state index contributed by atoms with van der Waals surface area (Å²) in [4.78, 5) is 12.3. The Balaban J connectivity index is 1.93. The summed E-state index contributed by atoms with van der Waals surface area (Å²) in [5, 5.41) is 13.0. The number of carbonyl (C=O) groups excluding carboxylic acids is 1. The maximum absolute atomic E-state index is 13.1. The van der Waals surface area contributed by atoms with E-state index in [0.717, 1.165) is 17.7 Å². The number of halogens is 3. The third-order valence-corrected chi connectivity index (χ3v) is 4.24. The standard InChI is InChI=1S/C23H15F3N3O/c24-23(25,26)20-8-4-7-19(14-20)21(13-16-9-11-17(15-27)12-10-16)28-29-22(30)18-5-2-1-3-6-18/h1-2,4-12,14H,13H2,(H,29,30). The molecule has 3 rings (SSSR count). The van der Waals surface area contributed by atoms with Crippen LogP contribution in [0.2, 0.25) is 0 Å². The van der Waals surface area contributed by atoms with E-state index in [1.54, 1.807) is 42.5 Å². The van der Waals surface area contributed by atoms with Crippen molar-refractivity contribution in [3.05, 3.63) is 107 Å². The molecule has 0 spiro atoms. The van der Waals surface area contributed by atoms with Gasteiger partial charge in [0.25, 0.3) is 5.91 Å². The van der Waals surface area contributed by atoms with Crippen LogP contribution in [0.5, 0.6) is 0 Å². The SMILES string of the molecule is N#Cc1ccc(CC(=NNC(=O)c2c[c]ccc2)c2cccc(C(F)(F)F)c2)cc1. The number of carbonyl (C=O) groups is 1. The molecular formula is C23H15F3N3O. The van der Waals surface area contributed by atoms with E-state index in [2.05, 4.69) is 16.6 Å². The van der Waals surface area contributed by atoms with Gasteiger partial charge in [-0.2, -0.15) is 23.5 Å². The van der Waals surface area contributed by atoms with Crippen LogP contribution < -0.4 is 5.43 Å². The molecule has 0 unspecified atom stereocenters. The maximum Gasteiger partial charge on any atom is 0.416 e. The van der Waals surface area contributed by atoms with Gasteiger partial charge in [0.05, 0.1) is 22.9 Å². The van der Waals surface area contributed by atoms with Crippen molar-refractivity contribution >= 4 is 11.6 Å². The molecule has 0 bridgehead atoms.